The number of urea groups is 1. The molecular weight excluding hydrogens is 380 g/mol. The fourth-order valence-corrected chi connectivity index (χ4v) is 3.31. The predicted molar refractivity (Wildman–Crippen MR) is 107 cm³/mol. The molecule has 3 amide bonds. The number of halogens is 1. The number of amides is 3. The van der Waals surface area contributed by atoms with Gasteiger partial charge in [0.2, 0.25) is 0 Å². The molecular formula is C21H23ClN2O4. The van der Waals surface area contributed by atoms with Crippen molar-refractivity contribution >= 4 is 29.2 Å². The second-order valence-electron chi connectivity index (χ2n) is 6.87. The van der Waals surface area contributed by atoms with Gasteiger partial charge in [0, 0.05) is 10.7 Å². The molecule has 2 atom stereocenters. The largest absolute Gasteiger partial charge is 0.389 e. The van der Waals surface area contributed by atoms with E-state index in [-0.39, 0.29) is 25.7 Å². The molecule has 28 heavy (non-hydrogen) atoms. The lowest BCUT2D eigenvalue weighted by atomic mass is 10.2. The van der Waals surface area contributed by atoms with Gasteiger partial charge in [-0.2, -0.15) is 0 Å². The molecule has 0 aliphatic carbocycles. The van der Waals surface area contributed by atoms with E-state index in [9.17, 15) is 14.7 Å². The van der Waals surface area contributed by atoms with Gasteiger partial charge in [-0.05, 0) is 37.6 Å². The van der Waals surface area contributed by atoms with Gasteiger partial charge >= 0.3 is 6.03 Å². The molecule has 1 saturated heterocycles. The lowest BCUT2D eigenvalue weighted by Gasteiger charge is -2.21. The third kappa shape index (κ3) is 4.35. The first-order valence-corrected chi connectivity index (χ1v) is 9.46. The zero-order valence-corrected chi connectivity index (χ0v) is 16.6. The Kier molecular flexibility index (Phi) is 6.34. The number of anilines is 1. The number of carbonyl (C=O) groups is 2. The molecule has 1 aliphatic rings. The molecule has 6 nitrogen and oxygen atoms in total. The van der Waals surface area contributed by atoms with Crippen LogP contribution in [-0.4, -0.2) is 47.2 Å². The number of imide groups is 1. The Morgan fingerprint density at radius 2 is 1.82 bits per heavy atom. The Hall–Kier alpha value is -2.41. The highest BCUT2D eigenvalue weighted by Gasteiger charge is 2.43. The normalized spacial score (nSPS) is 18.1. The Morgan fingerprint density at radius 1 is 1.14 bits per heavy atom. The van der Waals surface area contributed by atoms with Crippen LogP contribution in [0.1, 0.15) is 18.1 Å². The number of hydrogen-bond acceptors (Lipinski definition) is 4. The van der Waals surface area contributed by atoms with Crippen molar-refractivity contribution in [2.75, 3.05) is 18.1 Å². The molecule has 0 spiro atoms. The fraction of sp³-hybridized carbons (Fsp3) is 0.333. The van der Waals surface area contributed by atoms with Gasteiger partial charge in [-0.15, -0.1) is 0 Å². The molecule has 3 rings (SSSR count). The maximum absolute atomic E-state index is 12.7. The van der Waals surface area contributed by atoms with Crippen LogP contribution in [0.15, 0.2) is 48.5 Å². The predicted octanol–water partition coefficient (Wildman–Crippen LogP) is 3.38. The summed E-state index contributed by atoms with van der Waals surface area (Å²) in [5.41, 5.74) is 2.53. The van der Waals surface area contributed by atoms with Crippen LogP contribution in [0.3, 0.4) is 0 Å². The number of β-amino-alcohol motifs (C(OH)–C–C–N with tert-alkyl or cyclic N) is 1. The highest BCUT2D eigenvalue weighted by atomic mass is 35.5. The quantitative estimate of drug-likeness (QED) is 0.721. The minimum Gasteiger partial charge on any atom is -0.389 e. The number of rotatable bonds is 7. The first-order chi connectivity index (χ1) is 13.4. The number of aryl methyl sites for hydroxylation is 1. The molecule has 1 fully saturated rings. The number of hydrogen-bond donors (Lipinski definition) is 1. The third-order valence-electron chi connectivity index (χ3n) is 4.68. The average molecular weight is 403 g/mol. The second kappa shape index (κ2) is 8.73. The summed E-state index contributed by atoms with van der Waals surface area (Å²) in [7, 11) is 0. The summed E-state index contributed by atoms with van der Waals surface area (Å²) < 4.78 is 5.50. The monoisotopic (exact) mass is 402 g/mol. The number of carbonyl (C=O) groups excluding carboxylic acids is 2. The summed E-state index contributed by atoms with van der Waals surface area (Å²) in [5.74, 6) is -0.337. The number of ether oxygens (including phenoxy) is 1. The van der Waals surface area contributed by atoms with Crippen LogP contribution in [-0.2, 0) is 16.1 Å². The fourth-order valence-electron chi connectivity index (χ4n) is 3.12. The van der Waals surface area contributed by atoms with E-state index < -0.39 is 18.2 Å². The van der Waals surface area contributed by atoms with Crippen molar-refractivity contribution in [3.05, 3.63) is 64.7 Å². The molecule has 0 radical (unpaired) electrons. The number of benzene rings is 2. The smallest absolute Gasteiger partial charge is 0.332 e. The topological polar surface area (TPSA) is 70.1 Å². The van der Waals surface area contributed by atoms with Crippen LogP contribution in [0.25, 0.3) is 0 Å². The lowest BCUT2D eigenvalue weighted by molar-refractivity contribution is -0.128. The lowest BCUT2D eigenvalue weighted by Crippen LogP contribution is -2.40. The summed E-state index contributed by atoms with van der Waals surface area (Å²) in [5, 5.41) is 10.8. The van der Waals surface area contributed by atoms with Crippen LogP contribution >= 0.6 is 11.6 Å². The van der Waals surface area contributed by atoms with Crippen LogP contribution in [0, 0.1) is 6.92 Å². The van der Waals surface area contributed by atoms with Crippen LogP contribution in [0.4, 0.5) is 10.5 Å². The van der Waals surface area contributed by atoms with Gasteiger partial charge in [-0.3, -0.25) is 14.6 Å². The highest BCUT2D eigenvalue weighted by Crippen LogP contribution is 2.26. The summed E-state index contributed by atoms with van der Waals surface area (Å²) >= 11 is 6.07. The van der Waals surface area contributed by atoms with E-state index >= 15 is 0 Å². The van der Waals surface area contributed by atoms with Crippen molar-refractivity contribution in [3.63, 3.8) is 0 Å². The molecule has 148 valence electrons. The molecule has 2 aromatic rings. The maximum Gasteiger partial charge on any atom is 0.332 e. The highest BCUT2D eigenvalue weighted by molar-refractivity contribution is 6.31. The van der Waals surface area contributed by atoms with Crippen molar-refractivity contribution in [2.24, 2.45) is 0 Å². The Bertz CT molecular complexity index is 856. The maximum atomic E-state index is 12.7. The molecule has 0 bridgehead atoms. The summed E-state index contributed by atoms with van der Waals surface area (Å²) in [6, 6.07) is 13.6. The molecule has 1 heterocycles. The molecule has 7 heteroatoms. The van der Waals surface area contributed by atoms with E-state index in [4.69, 9.17) is 16.3 Å². The molecule has 1 N–H and O–H groups in total. The zero-order chi connectivity index (χ0) is 20.3. The van der Waals surface area contributed by atoms with Crippen molar-refractivity contribution in [2.45, 2.75) is 32.6 Å². The standard InChI is InChI=1S/C21H23ClN2O4/c1-14-7-9-17(10-8-14)24-15(2)20(26)23(21(24)27)11-18(25)13-28-12-16-5-3-4-6-19(16)22/h3-10,15,18,25H,11-13H2,1-2H3/t15-,18+/m0/s1. The molecule has 0 unspecified atom stereocenters. The van der Waals surface area contributed by atoms with Gasteiger partial charge in [-0.25, -0.2) is 4.79 Å². The SMILES string of the molecule is Cc1ccc(N2C(=O)N(C[C@@H](O)COCc3ccccc3Cl)C(=O)[C@@H]2C)cc1. The van der Waals surface area contributed by atoms with Crippen LogP contribution in [0.5, 0.6) is 0 Å². The van der Waals surface area contributed by atoms with Crippen molar-refractivity contribution < 1.29 is 19.4 Å². The van der Waals surface area contributed by atoms with Crippen molar-refractivity contribution in [1.82, 2.24) is 4.90 Å². The van der Waals surface area contributed by atoms with Crippen molar-refractivity contribution in [3.8, 4) is 0 Å². The van der Waals surface area contributed by atoms with Gasteiger partial charge in [0.25, 0.3) is 5.91 Å². The number of nitrogens with zero attached hydrogens (tertiary/aromatic N) is 2. The van der Waals surface area contributed by atoms with E-state index in [2.05, 4.69) is 0 Å². The minimum atomic E-state index is -0.986. The van der Waals surface area contributed by atoms with E-state index in [0.717, 1.165) is 16.0 Å². The van der Waals surface area contributed by atoms with Crippen LogP contribution < -0.4 is 4.90 Å². The Balaban J connectivity index is 1.58. The van der Waals surface area contributed by atoms with Crippen LogP contribution in [0.2, 0.25) is 5.02 Å². The van der Waals surface area contributed by atoms with E-state index in [1.54, 1.807) is 13.0 Å². The first kappa shape index (κ1) is 20.3. The second-order valence-corrected chi connectivity index (χ2v) is 7.28. The zero-order valence-electron chi connectivity index (χ0n) is 15.8. The number of aliphatic hydroxyl groups excluding tert-OH is 1. The molecule has 0 aromatic heterocycles. The van der Waals surface area contributed by atoms with Gasteiger partial charge < -0.3 is 9.84 Å². The van der Waals surface area contributed by atoms with Crippen molar-refractivity contribution in [1.29, 1.82) is 0 Å². The summed E-state index contributed by atoms with van der Waals surface area (Å²) in [6.45, 7) is 3.74. The molecule has 2 aromatic carbocycles. The van der Waals surface area contributed by atoms with Gasteiger partial charge in [0.05, 0.1) is 25.9 Å². The van der Waals surface area contributed by atoms with E-state index in [1.165, 1.54) is 4.90 Å². The Labute approximate surface area is 169 Å². The number of aliphatic hydroxyl groups is 1. The van der Waals surface area contributed by atoms with E-state index in [1.807, 2.05) is 49.4 Å². The van der Waals surface area contributed by atoms with Gasteiger partial charge in [0.15, 0.2) is 0 Å². The summed E-state index contributed by atoms with van der Waals surface area (Å²) in [6.07, 6.45) is -0.986. The first-order valence-electron chi connectivity index (χ1n) is 9.09. The van der Waals surface area contributed by atoms with E-state index in [0.29, 0.717) is 10.7 Å². The average Bonchev–Trinajstić information content (AvgIpc) is 2.88. The minimum absolute atomic E-state index is 0.0127. The third-order valence-corrected chi connectivity index (χ3v) is 5.05. The molecule has 0 saturated carbocycles. The molecule has 1 aliphatic heterocycles. The summed E-state index contributed by atoms with van der Waals surface area (Å²) in [4.78, 5) is 27.8. The van der Waals surface area contributed by atoms with Gasteiger partial charge in [-0.1, -0.05) is 47.5 Å². The van der Waals surface area contributed by atoms with Gasteiger partial charge in [0.1, 0.15) is 6.04 Å². The Morgan fingerprint density at radius 3 is 2.50 bits per heavy atom.